The predicted octanol–water partition coefficient (Wildman–Crippen LogP) is 0.779. The number of nitro groups is 1. The number of rotatable bonds is 2. The summed E-state index contributed by atoms with van der Waals surface area (Å²) in [7, 11) is 0. The van der Waals surface area contributed by atoms with Crippen molar-refractivity contribution in [1.82, 2.24) is 10.2 Å². The normalized spacial score (nSPS) is 9.75. The van der Waals surface area contributed by atoms with Crippen molar-refractivity contribution in [2.75, 3.05) is 0 Å². The number of aromatic carboxylic acids is 1. The standard InChI is InChI=1S/C4H2BrN3O4/c5-1-2(4(9)10)6-7-3(1)8(11)12/h(H,6,7)(H,9,10). The second-order valence-electron chi connectivity index (χ2n) is 1.80. The second kappa shape index (κ2) is 2.89. The molecular formula is C4H2BrN3O4. The minimum Gasteiger partial charge on any atom is -0.476 e. The van der Waals surface area contributed by atoms with Gasteiger partial charge in [0, 0.05) is 0 Å². The third-order valence-electron chi connectivity index (χ3n) is 1.08. The molecule has 0 atom stereocenters. The van der Waals surface area contributed by atoms with Crippen molar-refractivity contribution in [3.63, 3.8) is 0 Å². The van der Waals surface area contributed by atoms with Crippen LogP contribution in [0.2, 0.25) is 0 Å². The summed E-state index contributed by atoms with van der Waals surface area (Å²) < 4.78 is -0.153. The van der Waals surface area contributed by atoms with E-state index < -0.39 is 16.7 Å². The maximum atomic E-state index is 10.3. The Morgan fingerprint density at radius 3 is 2.58 bits per heavy atom. The molecule has 8 heteroatoms. The molecule has 1 aromatic rings. The first kappa shape index (κ1) is 8.65. The monoisotopic (exact) mass is 235 g/mol. The molecule has 0 aromatic carbocycles. The number of nitrogens with one attached hydrogen (secondary N) is 1. The zero-order chi connectivity index (χ0) is 9.30. The minimum atomic E-state index is -1.30. The third kappa shape index (κ3) is 1.28. The van der Waals surface area contributed by atoms with Gasteiger partial charge in [-0.05, 0) is 20.9 Å². The highest BCUT2D eigenvalue weighted by Gasteiger charge is 2.24. The summed E-state index contributed by atoms with van der Waals surface area (Å²) in [4.78, 5) is 19.7. The Bertz CT molecular complexity index is 315. The largest absolute Gasteiger partial charge is 0.476 e. The van der Waals surface area contributed by atoms with Crippen LogP contribution >= 0.6 is 15.9 Å². The molecule has 0 fully saturated rings. The van der Waals surface area contributed by atoms with Gasteiger partial charge in [-0.15, -0.1) is 0 Å². The first-order chi connectivity index (χ1) is 5.54. The van der Waals surface area contributed by atoms with E-state index in [0.717, 1.165) is 0 Å². The summed E-state index contributed by atoms with van der Waals surface area (Å²) in [6.45, 7) is 0. The molecule has 0 bridgehead atoms. The highest BCUT2D eigenvalue weighted by molar-refractivity contribution is 9.10. The summed E-state index contributed by atoms with van der Waals surface area (Å²) in [5.74, 6) is -1.84. The number of H-pyrrole nitrogens is 1. The van der Waals surface area contributed by atoms with E-state index in [9.17, 15) is 14.9 Å². The number of hydrogen-bond donors (Lipinski definition) is 2. The fourth-order valence-corrected chi connectivity index (χ4v) is 1.07. The van der Waals surface area contributed by atoms with Crippen LogP contribution in [0.15, 0.2) is 4.47 Å². The first-order valence-corrected chi connectivity index (χ1v) is 3.45. The molecule has 0 saturated heterocycles. The van der Waals surface area contributed by atoms with Crippen LogP contribution in [0.4, 0.5) is 5.82 Å². The smallest absolute Gasteiger partial charge is 0.404 e. The Balaban J connectivity index is 3.22. The van der Waals surface area contributed by atoms with Crippen LogP contribution in [0.1, 0.15) is 10.5 Å². The quantitative estimate of drug-likeness (QED) is 0.582. The third-order valence-corrected chi connectivity index (χ3v) is 1.83. The van der Waals surface area contributed by atoms with E-state index in [4.69, 9.17) is 5.11 Å². The zero-order valence-corrected chi connectivity index (χ0v) is 7.03. The highest BCUT2D eigenvalue weighted by atomic mass is 79.9. The van der Waals surface area contributed by atoms with E-state index in [1.807, 2.05) is 5.10 Å². The van der Waals surface area contributed by atoms with Crippen LogP contribution in [0.3, 0.4) is 0 Å². The molecule has 12 heavy (non-hydrogen) atoms. The molecule has 7 nitrogen and oxygen atoms in total. The number of carboxylic acids is 1. The Morgan fingerprint density at radius 2 is 2.33 bits per heavy atom. The van der Waals surface area contributed by atoms with E-state index in [-0.39, 0.29) is 10.2 Å². The van der Waals surface area contributed by atoms with Crippen LogP contribution in [0.5, 0.6) is 0 Å². The lowest BCUT2D eigenvalue weighted by Gasteiger charge is -1.87. The van der Waals surface area contributed by atoms with Crippen molar-refractivity contribution in [2.45, 2.75) is 0 Å². The van der Waals surface area contributed by atoms with Crippen LogP contribution < -0.4 is 0 Å². The molecule has 0 aliphatic carbocycles. The average molecular weight is 236 g/mol. The van der Waals surface area contributed by atoms with Gasteiger partial charge in [0.1, 0.15) is 0 Å². The molecular weight excluding hydrogens is 234 g/mol. The van der Waals surface area contributed by atoms with E-state index in [2.05, 4.69) is 21.0 Å². The van der Waals surface area contributed by atoms with E-state index in [1.54, 1.807) is 0 Å². The summed E-state index contributed by atoms with van der Waals surface area (Å²) in [6.07, 6.45) is 0. The van der Waals surface area contributed by atoms with E-state index >= 15 is 0 Å². The number of aromatic nitrogens is 2. The van der Waals surface area contributed by atoms with Crippen molar-refractivity contribution < 1.29 is 14.8 Å². The molecule has 0 saturated carbocycles. The molecule has 0 aliphatic heterocycles. The molecule has 0 radical (unpaired) electrons. The average Bonchev–Trinajstić information content (AvgIpc) is 2.30. The maximum absolute atomic E-state index is 10.3. The van der Waals surface area contributed by atoms with Crippen molar-refractivity contribution in [3.8, 4) is 0 Å². The molecule has 0 spiro atoms. The maximum Gasteiger partial charge on any atom is 0.404 e. The number of carboxylic acid groups (broad SMARTS) is 1. The van der Waals surface area contributed by atoms with Crippen LogP contribution in [0, 0.1) is 10.1 Å². The van der Waals surface area contributed by atoms with Gasteiger partial charge in [-0.2, -0.15) is 5.10 Å². The molecule has 1 heterocycles. The second-order valence-corrected chi connectivity index (χ2v) is 2.59. The molecule has 2 N–H and O–H groups in total. The number of hydrogen-bond acceptors (Lipinski definition) is 4. The first-order valence-electron chi connectivity index (χ1n) is 2.65. The molecule has 1 aromatic heterocycles. The lowest BCUT2D eigenvalue weighted by molar-refractivity contribution is -0.390. The molecule has 0 aliphatic rings. The molecule has 0 unspecified atom stereocenters. The van der Waals surface area contributed by atoms with Gasteiger partial charge in [-0.1, -0.05) is 0 Å². The van der Waals surface area contributed by atoms with Gasteiger partial charge in [0.25, 0.3) is 0 Å². The number of halogens is 1. The van der Waals surface area contributed by atoms with Crippen molar-refractivity contribution in [2.24, 2.45) is 0 Å². The Labute approximate surface area is 73.7 Å². The summed E-state index contributed by atoms with van der Waals surface area (Å²) in [5.41, 5.74) is -0.332. The fourth-order valence-electron chi connectivity index (χ4n) is 0.581. The SMILES string of the molecule is O=C(O)c1[nH]nc([N+](=O)[O-])c1Br. The summed E-state index contributed by atoms with van der Waals surface area (Å²) in [5, 5.41) is 23.8. The highest BCUT2D eigenvalue weighted by Crippen LogP contribution is 2.24. The summed E-state index contributed by atoms with van der Waals surface area (Å²) in [6, 6.07) is 0. The van der Waals surface area contributed by atoms with Crippen LogP contribution in [0.25, 0.3) is 0 Å². The van der Waals surface area contributed by atoms with E-state index in [1.165, 1.54) is 0 Å². The van der Waals surface area contributed by atoms with Crippen LogP contribution in [-0.2, 0) is 0 Å². The minimum absolute atomic E-state index is 0.153. The lowest BCUT2D eigenvalue weighted by atomic mass is 10.4. The topological polar surface area (TPSA) is 109 Å². The number of carbonyl (C=O) groups is 1. The van der Waals surface area contributed by atoms with Crippen molar-refractivity contribution >= 4 is 27.7 Å². The van der Waals surface area contributed by atoms with Gasteiger partial charge in [-0.3, -0.25) is 0 Å². The molecule has 1 rings (SSSR count). The molecule has 64 valence electrons. The predicted molar refractivity (Wildman–Crippen MR) is 39.9 cm³/mol. The Kier molecular flexibility index (Phi) is 2.09. The van der Waals surface area contributed by atoms with Crippen molar-refractivity contribution in [1.29, 1.82) is 0 Å². The van der Waals surface area contributed by atoms with E-state index in [0.29, 0.717) is 0 Å². The van der Waals surface area contributed by atoms with Gasteiger partial charge >= 0.3 is 11.8 Å². The zero-order valence-electron chi connectivity index (χ0n) is 5.44. The van der Waals surface area contributed by atoms with Crippen LogP contribution in [-0.4, -0.2) is 26.2 Å². The van der Waals surface area contributed by atoms with Gasteiger partial charge in [0.15, 0.2) is 10.2 Å². The number of aromatic amines is 1. The Hall–Kier alpha value is -1.44. The lowest BCUT2D eigenvalue weighted by Crippen LogP contribution is -1.97. The number of nitrogens with zero attached hydrogens (tertiary/aromatic N) is 2. The molecule has 0 amide bonds. The fraction of sp³-hybridized carbons (Fsp3) is 0. The van der Waals surface area contributed by atoms with Gasteiger partial charge in [0.2, 0.25) is 0 Å². The van der Waals surface area contributed by atoms with Crippen molar-refractivity contribution in [3.05, 3.63) is 20.3 Å². The summed E-state index contributed by atoms with van der Waals surface area (Å²) >= 11 is 2.74. The van der Waals surface area contributed by atoms with Gasteiger partial charge < -0.3 is 15.2 Å². The Morgan fingerprint density at radius 1 is 1.75 bits per heavy atom. The van der Waals surface area contributed by atoms with Gasteiger partial charge in [-0.25, -0.2) is 4.79 Å². The van der Waals surface area contributed by atoms with Gasteiger partial charge in [0.05, 0.1) is 5.10 Å².